The Bertz CT molecular complexity index is 1050. The van der Waals surface area contributed by atoms with Gasteiger partial charge in [0.15, 0.2) is 10.9 Å². The number of aromatic nitrogens is 2. The lowest BCUT2D eigenvalue weighted by molar-refractivity contribution is 0.0601. The molecule has 0 atom stereocenters. The zero-order valence-electron chi connectivity index (χ0n) is 16.3. The normalized spacial score (nSPS) is 10.6. The third-order valence-corrected chi connectivity index (χ3v) is 5.99. The van der Waals surface area contributed by atoms with Crippen molar-refractivity contribution in [3.05, 3.63) is 63.1 Å². The summed E-state index contributed by atoms with van der Waals surface area (Å²) < 4.78 is 6.71. The van der Waals surface area contributed by atoms with Crippen molar-refractivity contribution >= 4 is 57.1 Å². The van der Waals surface area contributed by atoms with Crippen molar-refractivity contribution in [2.75, 3.05) is 17.7 Å². The molecule has 0 spiro atoms. The number of rotatable bonds is 6. The zero-order valence-corrected chi connectivity index (χ0v) is 18.7. The van der Waals surface area contributed by atoms with Crippen molar-refractivity contribution in [2.45, 2.75) is 26.8 Å². The lowest BCUT2D eigenvalue weighted by atomic mass is 10.1. The maximum Gasteiger partial charge on any atom is 0.341 e. The monoisotopic (exact) mass is 448 g/mol. The molecule has 1 aromatic carbocycles. The number of anilines is 2. The summed E-state index contributed by atoms with van der Waals surface area (Å²) in [5.41, 5.74) is 2.48. The van der Waals surface area contributed by atoms with Crippen molar-refractivity contribution < 1.29 is 9.53 Å². The third-order valence-electron chi connectivity index (χ3n) is 4.35. The van der Waals surface area contributed by atoms with Gasteiger partial charge >= 0.3 is 5.97 Å². The smallest absolute Gasteiger partial charge is 0.341 e. The average Bonchev–Trinajstić information content (AvgIpc) is 3.26. The highest BCUT2D eigenvalue weighted by atomic mass is 35.5. The molecule has 9 heteroatoms. The van der Waals surface area contributed by atoms with Gasteiger partial charge < -0.3 is 15.4 Å². The van der Waals surface area contributed by atoms with E-state index < -0.39 is 0 Å². The van der Waals surface area contributed by atoms with Crippen molar-refractivity contribution in [1.82, 2.24) is 9.78 Å². The first-order valence-corrected chi connectivity index (χ1v) is 10.6. The summed E-state index contributed by atoms with van der Waals surface area (Å²) in [6.07, 6.45) is 2.58. The Labute approximate surface area is 183 Å². The van der Waals surface area contributed by atoms with E-state index in [-0.39, 0.29) is 5.97 Å². The van der Waals surface area contributed by atoms with E-state index in [0.29, 0.717) is 33.1 Å². The first-order valence-electron chi connectivity index (χ1n) is 8.98. The molecule has 0 aliphatic carbocycles. The van der Waals surface area contributed by atoms with Crippen LogP contribution in [0.1, 0.15) is 33.3 Å². The number of esters is 1. The molecule has 0 radical (unpaired) electrons. The molecule has 0 bridgehead atoms. The quantitative estimate of drug-likeness (QED) is 0.403. The molecule has 0 fully saturated rings. The lowest BCUT2D eigenvalue weighted by Crippen LogP contribution is -2.20. The van der Waals surface area contributed by atoms with Gasteiger partial charge in [0.05, 0.1) is 19.2 Å². The molecule has 0 aliphatic heterocycles. The summed E-state index contributed by atoms with van der Waals surface area (Å²) in [4.78, 5) is 13.3. The fourth-order valence-electron chi connectivity index (χ4n) is 2.98. The van der Waals surface area contributed by atoms with E-state index >= 15 is 0 Å². The molecule has 0 unspecified atom stereocenters. The molecular formula is C20H21ClN4O2S2. The van der Waals surface area contributed by atoms with Crippen LogP contribution in [0.15, 0.2) is 36.5 Å². The van der Waals surface area contributed by atoms with E-state index in [4.69, 9.17) is 28.6 Å². The highest BCUT2D eigenvalue weighted by Crippen LogP contribution is 2.34. The molecule has 2 aromatic heterocycles. The summed E-state index contributed by atoms with van der Waals surface area (Å²) in [5.74, 6) is 0.221. The van der Waals surface area contributed by atoms with Gasteiger partial charge in [-0.3, -0.25) is 4.68 Å². The first-order chi connectivity index (χ1) is 13.9. The number of hydrogen-bond donors (Lipinski definition) is 2. The van der Waals surface area contributed by atoms with Gasteiger partial charge in [-0.15, -0.1) is 11.3 Å². The predicted molar refractivity (Wildman–Crippen MR) is 122 cm³/mol. The van der Waals surface area contributed by atoms with Gasteiger partial charge in [-0.2, -0.15) is 5.10 Å². The molecule has 29 heavy (non-hydrogen) atoms. The van der Waals surface area contributed by atoms with Crippen LogP contribution >= 0.6 is 35.2 Å². The van der Waals surface area contributed by atoms with Crippen LogP contribution in [-0.4, -0.2) is 28.0 Å². The van der Waals surface area contributed by atoms with E-state index in [1.54, 1.807) is 4.68 Å². The number of carbonyl (C=O) groups excluding carboxylic acids is 1. The number of aryl methyl sites for hydroxylation is 1. The van der Waals surface area contributed by atoms with Crippen LogP contribution in [0.2, 0.25) is 5.02 Å². The molecule has 0 saturated carbocycles. The van der Waals surface area contributed by atoms with Crippen LogP contribution < -0.4 is 10.6 Å². The summed E-state index contributed by atoms with van der Waals surface area (Å²) in [6.45, 7) is 4.54. The summed E-state index contributed by atoms with van der Waals surface area (Å²) in [7, 11) is 1.38. The van der Waals surface area contributed by atoms with E-state index in [0.717, 1.165) is 22.4 Å². The van der Waals surface area contributed by atoms with E-state index in [1.807, 2.05) is 50.4 Å². The number of thiophene rings is 1. The minimum atomic E-state index is -0.375. The lowest BCUT2D eigenvalue weighted by Gasteiger charge is -2.09. The molecule has 0 amide bonds. The molecule has 0 aliphatic rings. The minimum Gasteiger partial charge on any atom is -0.465 e. The number of benzene rings is 1. The van der Waals surface area contributed by atoms with Crippen molar-refractivity contribution in [1.29, 1.82) is 0 Å². The molecule has 0 saturated heterocycles. The van der Waals surface area contributed by atoms with Gasteiger partial charge in [-0.1, -0.05) is 36.7 Å². The Morgan fingerprint density at radius 3 is 2.76 bits per heavy atom. The highest BCUT2D eigenvalue weighted by Gasteiger charge is 2.22. The van der Waals surface area contributed by atoms with Crippen LogP contribution in [-0.2, 0) is 17.7 Å². The number of halogens is 1. The Kier molecular flexibility index (Phi) is 6.89. The maximum absolute atomic E-state index is 12.2. The van der Waals surface area contributed by atoms with Gasteiger partial charge in [-0.05, 0) is 42.8 Å². The topological polar surface area (TPSA) is 68.2 Å². The van der Waals surface area contributed by atoms with E-state index in [9.17, 15) is 4.79 Å². The molecule has 6 nitrogen and oxygen atoms in total. The number of hydrogen-bond acceptors (Lipinski definition) is 5. The van der Waals surface area contributed by atoms with Crippen LogP contribution in [0.25, 0.3) is 0 Å². The Morgan fingerprint density at radius 2 is 2.07 bits per heavy atom. The molecule has 2 N–H and O–H groups in total. The SMILES string of the molecule is CCc1c(C)sc(NC(=S)Nc2ccn(Cc3ccccc3Cl)n2)c1C(=O)OC. The molecular weight excluding hydrogens is 428 g/mol. The third kappa shape index (κ3) is 4.95. The summed E-state index contributed by atoms with van der Waals surface area (Å²) >= 11 is 13.1. The standard InChI is InChI=1S/C20H21ClN4O2S2/c1-4-14-12(2)29-18(17(14)19(26)27-3)23-20(28)22-16-9-10-25(24-16)11-13-7-5-6-8-15(13)21/h5-10H,4,11H2,1-3H3,(H2,22,23,24,28). The van der Waals surface area contributed by atoms with E-state index in [1.165, 1.54) is 18.4 Å². The largest absolute Gasteiger partial charge is 0.465 e. The fraction of sp³-hybridized carbons (Fsp3) is 0.250. The van der Waals surface area contributed by atoms with E-state index in [2.05, 4.69) is 15.7 Å². The predicted octanol–water partition coefficient (Wildman–Crippen LogP) is 5.11. The van der Waals surface area contributed by atoms with Gasteiger partial charge in [0.25, 0.3) is 0 Å². The van der Waals surface area contributed by atoms with Gasteiger partial charge in [0.2, 0.25) is 0 Å². The number of thiocarbonyl (C=S) groups is 1. The van der Waals surface area contributed by atoms with Crippen molar-refractivity contribution in [3.8, 4) is 0 Å². The molecule has 3 rings (SSSR count). The van der Waals surface area contributed by atoms with Gasteiger partial charge in [0.1, 0.15) is 5.00 Å². The molecule has 152 valence electrons. The van der Waals surface area contributed by atoms with Crippen LogP contribution in [0.3, 0.4) is 0 Å². The highest BCUT2D eigenvalue weighted by molar-refractivity contribution is 7.80. The minimum absolute atomic E-state index is 0.349. The summed E-state index contributed by atoms with van der Waals surface area (Å²) in [6, 6.07) is 9.47. The van der Waals surface area contributed by atoms with Gasteiger partial charge in [-0.25, -0.2) is 4.79 Å². The summed E-state index contributed by atoms with van der Waals surface area (Å²) in [5, 5.41) is 12.3. The number of nitrogens with one attached hydrogen (secondary N) is 2. The molecule has 2 heterocycles. The second-order valence-corrected chi connectivity index (χ2v) is 8.30. The number of carbonyl (C=O) groups is 1. The fourth-order valence-corrected chi connectivity index (χ4v) is 4.58. The number of nitrogens with zero attached hydrogens (tertiary/aromatic N) is 2. The van der Waals surface area contributed by atoms with Crippen LogP contribution in [0.4, 0.5) is 10.8 Å². The van der Waals surface area contributed by atoms with Crippen LogP contribution in [0, 0.1) is 6.92 Å². The average molecular weight is 449 g/mol. The zero-order chi connectivity index (χ0) is 21.0. The van der Waals surface area contributed by atoms with Crippen LogP contribution in [0.5, 0.6) is 0 Å². The number of ether oxygens (including phenoxy) is 1. The Morgan fingerprint density at radius 1 is 1.31 bits per heavy atom. The van der Waals surface area contributed by atoms with Crippen molar-refractivity contribution in [2.24, 2.45) is 0 Å². The Hall–Kier alpha value is -2.42. The van der Waals surface area contributed by atoms with Crippen molar-refractivity contribution in [3.63, 3.8) is 0 Å². The first kappa shape index (κ1) is 21.3. The second-order valence-electron chi connectivity index (χ2n) is 6.26. The van der Waals surface area contributed by atoms with Gasteiger partial charge in [0, 0.05) is 22.2 Å². The molecule has 3 aromatic rings. The Balaban J connectivity index is 1.70. The maximum atomic E-state index is 12.2. The second kappa shape index (κ2) is 9.39. The number of methoxy groups -OCH3 is 1.